The van der Waals surface area contributed by atoms with Crippen LogP contribution in [0.3, 0.4) is 0 Å². The van der Waals surface area contributed by atoms with Crippen molar-refractivity contribution in [2.24, 2.45) is 0 Å². The van der Waals surface area contributed by atoms with Gasteiger partial charge in [0, 0.05) is 0 Å². The van der Waals surface area contributed by atoms with Gasteiger partial charge in [-0.25, -0.2) is 9.48 Å². The first kappa shape index (κ1) is 12.6. The number of hydrogen-bond acceptors (Lipinski definition) is 5. The molecular weight excluding hydrogens is 282 g/mol. The summed E-state index contributed by atoms with van der Waals surface area (Å²) in [6.07, 6.45) is 0. The lowest BCUT2D eigenvalue weighted by Crippen LogP contribution is -2.13. The van der Waals surface area contributed by atoms with Crippen molar-refractivity contribution in [2.75, 3.05) is 0 Å². The van der Waals surface area contributed by atoms with Gasteiger partial charge in [-0.15, -0.1) is 5.10 Å². The fraction of sp³-hybridized carbons (Fsp3) is 0.0625. The highest BCUT2D eigenvalue weighted by molar-refractivity contribution is 5.84. The molecule has 22 heavy (non-hydrogen) atoms. The molecule has 2 heterocycles. The van der Waals surface area contributed by atoms with Gasteiger partial charge in [-0.2, -0.15) is 0 Å². The maximum atomic E-state index is 12.1. The molecule has 0 unspecified atom stereocenters. The van der Waals surface area contributed by atoms with Gasteiger partial charge in [0.15, 0.2) is 0 Å². The minimum atomic E-state index is -0.573. The van der Waals surface area contributed by atoms with Gasteiger partial charge in [-0.1, -0.05) is 29.5 Å². The number of aromatic hydroxyl groups is 1. The predicted octanol–water partition coefficient (Wildman–Crippen LogP) is 2.29. The van der Waals surface area contributed by atoms with Gasteiger partial charge in [-0.3, -0.25) is 0 Å². The van der Waals surface area contributed by atoms with Crippen LogP contribution in [-0.2, 0) is 6.54 Å². The van der Waals surface area contributed by atoms with Crippen molar-refractivity contribution < 1.29 is 9.52 Å². The van der Waals surface area contributed by atoms with Crippen molar-refractivity contribution in [3.63, 3.8) is 0 Å². The Morgan fingerprint density at radius 3 is 2.77 bits per heavy atom. The third-order valence-corrected chi connectivity index (χ3v) is 3.61. The monoisotopic (exact) mass is 293 g/mol. The van der Waals surface area contributed by atoms with E-state index in [0.29, 0.717) is 11.0 Å². The summed E-state index contributed by atoms with van der Waals surface area (Å²) in [6, 6.07) is 14.3. The molecule has 4 aromatic rings. The van der Waals surface area contributed by atoms with Crippen molar-refractivity contribution in [2.45, 2.75) is 6.54 Å². The van der Waals surface area contributed by atoms with Crippen molar-refractivity contribution in [3.05, 3.63) is 64.5 Å². The van der Waals surface area contributed by atoms with Gasteiger partial charge >= 0.3 is 5.63 Å². The summed E-state index contributed by atoms with van der Waals surface area (Å²) in [5, 5.41) is 18.9. The molecule has 0 aliphatic heterocycles. The highest BCUT2D eigenvalue weighted by atomic mass is 16.4. The second kappa shape index (κ2) is 4.70. The average Bonchev–Trinajstić information content (AvgIpc) is 2.95. The van der Waals surface area contributed by atoms with Crippen LogP contribution in [0.2, 0.25) is 0 Å². The Balaban J connectivity index is 1.90. The van der Waals surface area contributed by atoms with Crippen molar-refractivity contribution in [1.29, 1.82) is 0 Å². The minimum Gasteiger partial charge on any atom is -0.507 e. The van der Waals surface area contributed by atoms with Crippen LogP contribution < -0.4 is 5.63 Å². The zero-order valence-corrected chi connectivity index (χ0v) is 11.4. The third-order valence-electron chi connectivity index (χ3n) is 3.61. The fourth-order valence-corrected chi connectivity index (χ4v) is 2.50. The quantitative estimate of drug-likeness (QED) is 0.573. The summed E-state index contributed by atoms with van der Waals surface area (Å²) in [5.41, 5.74) is 1.46. The normalized spacial score (nSPS) is 11.3. The summed E-state index contributed by atoms with van der Waals surface area (Å²) in [7, 11) is 0. The Morgan fingerprint density at radius 2 is 1.86 bits per heavy atom. The molecule has 108 valence electrons. The molecule has 0 bridgehead atoms. The molecule has 6 nitrogen and oxygen atoms in total. The molecule has 0 spiro atoms. The Hall–Kier alpha value is -3.15. The molecule has 0 aliphatic rings. The van der Waals surface area contributed by atoms with Gasteiger partial charge in [0.2, 0.25) is 0 Å². The summed E-state index contributed by atoms with van der Waals surface area (Å²) in [4.78, 5) is 12.1. The highest BCUT2D eigenvalue weighted by Gasteiger charge is 2.15. The number of nitrogens with zero attached hydrogens (tertiary/aromatic N) is 3. The van der Waals surface area contributed by atoms with E-state index in [1.54, 1.807) is 28.9 Å². The van der Waals surface area contributed by atoms with Crippen LogP contribution in [0.15, 0.2) is 57.7 Å². The summed E-state index contributed by atoms with van der Waals surface area (Å²) in [5.74, 6) is -0.0774. The van der Waals surface area contributed by atoms with Crippen LogP contribution in [0, 0.1) is 0 Å². The molecule has 1 N–H and O–H groups in total. The standard InChI is InChI=1S/C16H11N3O3/c20-15-10-5-1-4-8-14(10)22-16(21)11(15)9-19-13-7-3-2-6-12(13)17-18-19/h1-8,20H,9H2. The molecule has 2 aromatic heterocycles. The zero-order chi connectivity index (χ0) is 15.1. The van der Waals surface area contributed by atoms with E-state index < -0.39 is 5.63 Å². The summed E-state index contributed by atoms with van der Waals surface area (Å²) >= 11 is 0. The third kappa shape index (κ3) is 1.85. The Morgan fingerprint density at radius 1 is 1.09 bits per heavy atom. The molecule has 6 heteroatoms. The van der Waals surface area contributed by atoms with E-state index in [2.05, 4.69) is 10.3 Å². The lowest BCUT2D eigenvalue weighted by molar-refractivity contribution is 0.450. The minimum absolute atomic E-state index is 0.0774. The van der Waals surface area contributed by atoms with Gasteiger partial charge in [-0.05, 0) is 24.3 Å². The SMILES string of the molecule is O=c1oc2ccccc2c(O)c1Cn1nnc2ccccc21. The van der Waals surface area contributed by atoms with Gasteiger partial charge in [0.25, 0.3) is 0 Å². The number of fused-ring (bicyclic) bond motifs is 2. The number of hydrogen-bond donors (Lipinski definition) is 1. The molecular formula is C16H11N3O3. The van der Waals surface area contributed by atoms with E-state index in [-0.39, 0.29) is 17.9 Å². The van der Waals surface area contributed by atoms with Crippen LogP contribution in [0.5, 0.6) is 5.75 Å². The molecule has 2 aromatic carbocycles. The molecule has 0 aliphatic carbocycles. The Labute approximate surface area is 124 Å². The lowest BCUT2D eigenvalue weighted by Gasteiger charge is -2.06. The van der Waals surface area contributed by atoms with Crippen molar-refractivity contribution in [1.82, 2.24) is 15.0 Å². The first-order valence-electron chi connectivity index (χ1n) is 6.76. The van der Waals surface area contributed by atoms with E-state index in [1.165, 1.54) is 0 Å². The fourth-order valence-electron chi connectivity index (χ4n) is 2.50. The van der Waals surface area contributed by atoms with Crippen LogP contribution in [-0.4, -0.2) is 20.1 Å². The molecule has 0 fully saturated rings. The topological polar surface area (TPSA) is 81.1 Å². The Kier molecular flexibility index (Phi) is 2.69. The smallest absolute Gasteiger partial charge is 0.345 e. The molecule has 0 saturated carbocycles. The van der Waals surface area contributed by atoms with Gasteiger partial charge < -0.3 is 9.52 Å². The van der Waals surface area contributed by atoms with E-state index >= 15 is 0 Å². The molecule has 0 amide bonds. The average molecular weight is 293 g/mol. The van der Waals surface area contributed by atoms with E-state index in [4.69, 9.17) is 4.42 Å². The first-order chi connectivity index (χ1) is 10.7. The van der Waals surface area contributed by atoms with E-state index in [0.717, 1.165) is 11.0 Å². The molecule has 4 rings (SSSR count). The van der Waals surface area contributed by atoms with Crippen molar-refractivity contribution in [3.8, 4) is 5.75 Å². The van der Waals surface area contributed by atoms with Crippen LogP contribution in [0.25, 0.3) is 22.0 Å². The van der Waals surface area contributed by atoms with Crippen LogP contribution in [0.1, 0.15) is 5.56 Å². The van der Waals surface area contributed by atoms with E-state index in [1.807, 2.05) is 24.3 Å². The number of rotatable bonds is 2. The predicted molar refractivity (Wildman–Crippen MR) is 80.8 cm³/mol. The summed E-state index contributed by atoms with van der Waals surface area (Å²) < 4.78 is 6.82. The highest BCUT2D eigenvalue weighted by Crippen LogP contribution is 2.26. The second-order valence-corrected chi connectivity index (χ2v) is 4.95. The maximum absolute atomic E-state index is 12.1. The number of benzene rings is 2. The van der Waals surface area contributed by atoms with E-state index in [9.17, 15) is 9.90 Å². The maximum Gasteiger partial charge on any atom is 0.345 e. The van der Waals surface area contributed by atoms with Gasteiger partial charge in [0.1, 0.15) is 22.4 Å². The van der Waals surface area contributed by atoms with Crippen LogP contribution >= 0.6 is 0 Å². The Bertz CT molecular complexity index is 1050. The lowest BCUT2D eigenvalue weighted by atomic mass is 10.1. The number of aromatic nitrogens is 3. The molecule has 0 saturated heterocycles. The number of para-hydroxylation sites is 2. The van der Waals surface area contributed by atoms with Crippen LogP contribution in [0.4, 0.5) is 0 Å². The van der Waals surface area contributed by atoms with Crippen molar-refractivity contribution >= 4 is 22.0 Å². The zero-order valence-electron chi connectivity index (χ0n) is 11.4. The largest absolute Gasteiger partial charge is 0.507 e. The van der Waals surface area contributed by atoms with Gasteiger partial charge in [0.05, 0.1) is 17.4 Å². The summed E-state index contributed by atoms with van der Waals surface area (Å²) in [6.45, 7) is 0.0967. The molecule has 0 radical (unpaired) electrons. The first-order valence-corrected chi connectivity index (χ1v) is 6.76. The molecule has 0 atom stereocenters. The second-order valence-electron chi connectivity index (χ2n) is 4.95.